The highest BCUT2D eigenvalue weighted by Crippen LogP contribution is 2.33. The van der Waals surface area contributed by atoms with Crippen molar-refractivity contribution in [3.8, 4) is 0 Å². The van der Waals surface area contributed by atoms with Crippen LogP contribution < -0.4 is 4.90 Å². The second kappa shape index (κ2) is 7.53. The Morgan fingerprint density at radius 3 is 2.87 bits per heavy atom. The molecule has 1 aliphatic heterocycles. The van der Waals surface area contributed by atoms with Crippen LogP contribution in [-0.2, 0) is 0 Å². The van der Waals surface area contributed by atoms with E-state index in [-0.39, 0.29) is 19.1 Å². The fraction of sp³-hybridized carbons (Fsp3) is 0.625. The maximum Gasteiger partial charge on any atom is 0.140 e. The fourth-order valence-electron chi connectivity index (χ4n) is 3.41. The predicted octanol–water partition coefficient (Wildman–Crippen LogP) is 1.05. The van der Waals surface area contributed by atoms with E-state index in [0.717, 1.165) is 42.2 Å². The van der Waals surface area contributed by atoms with E-state index in [1.165, 1.54) is 0 Å². The number of likely N-dealkylation sites (N-methyl/N-ethyl adjacent to an activating group) is 1. The van der Waals surface area contributed by atoms with Crippen LogP contribution in [0.25, 0.3) is 10.2 Å². The zero-order valence-electron chi connectivity index (χ0n) is 13.4. The number of hydrogen-bond acceptors (Lipinski definition) is 7. The van der Waals surface area contributed by atoms with Crippen LogP contribution in [0.5, 0.6) is 0 Å². The van der Waals surface area contributed by atoms with Gasteiger partial charge in [0.2, 0.25) is 0 Å². The minimum absolute atomic E-state index is 0.176. The van der Waals surface area contributed by atoms with Crippen molar-refractivity contribution in [2.75, 3.05) is 50.8 Å². The molecular formula is C16H24N4O2S. The van der Waals surface area contributed by atoms with E-state index < -0.39 is 0 Å². The Hall–Kier alpha value is -1.28. The molecule has 23 heavy (non-hydrogen) atoms. The standard InChI is InChI=1S/C16H24N4O2S/c1-2-19(4-5-21)7-12-8-20(9-13(12)10-22)15-14-3-6-23-16(14)18-11-17-15/h3,6,11-13,21-22H,2,4-5,7-10H2,1H3/t12-,13-/m1/s1. The van der Waals surface area contributed by atoms with Crippen molar-refractivity contribution in [2.45, 2.75) is 6.92 Å². The van der Waals surface area contributed by atoms with E-state index in [1.54, 1.807) is 17.7 Å². The number of nitrogens with zero attached hydrogens (tertiary/aromatic N) is 4. The Bertz CT molecular complexity index is 635. The quantitative estimate of drug-likeness (QED) is 0.787. The second-order valence-electron chi connectivity index (χ2n) is 6.06. The molecule has 2 atom stereocenters. The predicted molar refractivity (Wildman–Crippen MR) is 92.9 cm³/mol. The van der Waals surface area contributed by atoms with Gasteiger partial charge in [0.25, 0.3) is 0 Å². The molecule has 7 heteroatoms. The van der Waals surface area contributed by atoms with Crippen molar-refractivity contribution in [1.29, 1.82) is 0 Å². The van der Waals surface area contributed by atoms with Gasteiger partial charge < -0.3 is 20.0 Å². The molecule has 0 amide bonds. The first-order chi connectivity index (χ1) is 11.3. The average molecular weight is 336 g/mol. The van der Waals surface area contributed by atoms with Crippen molar-refractivity contribution in [1.82, 2.24) is 14.9 Å². The molecule has 2 N–H and O–H groups in total. The van der Waals surface area contributed by atoms with E-state index in [4.69, 9.17) is 0 Å². The fourth-order valence-corrected chi connectivity index (χ4v) is 4.13. The third kappa shape index (κ3) is 3.47. The van der Waals surface area contributed by atoms with Gasteiger partial charge in [-0.05, 0) is 23.9 Å². The van der Waals surface area contributed by atoms with Crippen LogP contribution in [0.15, 0.2) is 17.8 Å². The van der Waals surface area contributed by atoms with Gasteiger partial charge in [-0.3, -0.25) is 0 Å². The molecule has 0 aromatic carbocycles. The number of aliphatic hydroxyl groups excluding tert-OH is 2. The van der Waals surface area contributed by atoms with Gasteiger partial charge >= 0.3 is 0 Å². The summed E-state index contributed by atoms with van der Waals surface area (Å²) in [6, 6.07) is 2.07. The third-order valence-electron chi connectivity index (χ3n) is 4.71. The summed E-state index contributed by atoms with van der Waals surface area (Å²) in [5, 5.41) is 22.1. The summed E-state index contributed by atoms with van der Waals surface area (Å²) < 4.78 is 0. The Morgan fingerprint density at radius 1 is 1.30 bits per heavy atom. The number of rotatable bonds is 7. The molecule has 0 spiro atoms. The van der Waals surface area contributed by atoms with Crippen molar-refractivity contribution >= 4 is 27.4 Å². The molecule has 6 nitrogen and oxygen atoms in total. The van der Waals surface area contributed by atoms with Crippen molar-refractivity contribution < 1.29 is 10.2 Å². The Labute approximate surface area is 140 Å². The van der Waals surface area contributed by atoms with Crippen molar-refractivity contribution in [3.05, 3.63) is 17.8 Å². The third-order valence-corrected chi connectivity index (χ3v) is 5.53. The van der Waals surface area contributed by atoms with Crippen LogP contribution in [0.4, 0.5) is 5.82 Å². The molecule has 0 radical (unpaired) electrons. The number of aromatic nitrogens is 2. The van der Waals surface area contributed by atoms with E-state index in [9.17, 15) is 10.2 Å². The Morgan fingerprint density at radius 2 is 2.13 bits per heavy atom. The van der Waals surface area contributed by atoms with E-state index >= 15 is 0 Å². The SMILES string of the molecule is CCN(CCO)C[C@@H]1CN(c2ncnc3sccc23)C[C@@H]1CO. The van der Waals surface area contributed by atoms with Gasteiger partial charge in [-0.2, -0.15) is 0 Å². The van der Waals surface area contributed by atoms with Crippen LogP contribution in [-0.4, -0.2) is 71.0 Å². The maximum atomic E-state index is 9.76. The van der Waals surface area contributed by atoms with Gasteiger partial charge in [0.15, 0.2) is 0 Å². The lowest BCUT2D eigenvalue weighted by Crippen LogP contribution is -2.35. The number of thiophene rings is 1. The van der Waals surface area contributed by atoms with Crippen LogP contribution in [0.1, 0.15) is 6.92 Å². The molecule has 2 aromatic heterocycles. The monoisotopic (exact) mass is 336 g/mol. The molecule has 0 unspecified atom stereocenters. The zero-order chi connectivity index (χ0) is 16.2. The summed E-state index contributed by atoms with van der Waals surface area (Å²) in [7, 11) is 0. The van der Waals surface area contributed by atoms with Gasteiger partial charge in [-0.1, -0.05) is 6.92 Å². The number of hydrogen-bond donors (Lipinski definition) is 2. The Balaban J connectivity index is 1.77. The van der Waals surface area contributed by atoms with E-state index in [1.807, 2.05) is 5.38 Å². The van der Waals surface area contributed by atoms with Crippen LogP contribution >= 0.6 is 11.3 Å². The Kier molecular flexibility index (Phi) is 5.42. The highest BCUT2D eigenvalue weighted by atomic mass is 32.1. The van der Waals surface area contributed by atoms with Crippen LogP contribution in [0.3, 0.4) is 0 Å². The lowest BCUT2D eigenvalue weighted by atomic mass is 9.96. The lowest BCUT2D eigenvalue weighted by molar-refractivity contribution is 0.147. The van der Waals surface area contributed by atoms with Gasteiger partial charge in [0, 0.05) is 38.7 Å². The summed E-state index contributed by atoms with van der Waals surface area (Å²) in [5.74, 6) is 1.60. The van der Waals surface area contributed by atoms with Gasteiger partial charge in [0.1, 0.15) is 17.0 Å². The molecule has 3 rings (SSSR count). The molecule has 2 aromatic rings. The van der Waals surface area contributed by atoms with Crippen LogP contribution in [0.2, 0.25) is 0 Å². The molecular weight excluding hydrogens is 312 g/mol. The summed E-state index contributed by atoms with van der Waals surface area (Å²) in [4.78, 5) is 14.3. The minimum atomic E-state index is 0.176. The first-order valence-electron chi connectivity index (χ1n) is 8.14. The lowest BCUT2D eigenvalue weighted by Gasteiger charge is -2.25. The number of aliphatic hydroxyl groups is 2. The minimum Gasteiger partial charge on any atom is -0.396 e. The number of anilines is 1. The molecule has 3 heterocycles. The first-order valence-corrected chi connectivity index (χ1v) is 9.02. The van der Waals surface area contributed by atoms with Crippen molar-refractivity contribution in [2.24, 2.45) is 11.8 Å². The van der Waals surface area contributed by atoms with E-state index in [2.05, 4.69) is 32.8 Å². The zero-order valence-corrected chi connectivity index (χ0v) is 14.2. The number of fused-ring (bicyclic) bond motifs is 1. The van der Waals surface area contributed by atoms with Gasteiger partial charge in [-0.15, -0.1) is 11.3 Å². The summed E-state index contributed by atoms with van der Waals surface area (Å²) >= 11 is 1.63. The second-order valence-corrected chi connectivity index (χ2v) is 6.96. The largest absolute Gasteiger partial charge is 0.396 e. The van der Waals surface area contributed by atoms with Gasteiger partial charge in [0.05, 0.1) is 12.0 Å². The molecule has 1 fully saturated rings. The molecule has 126 valence electrons. The highest BCUT2D eigenvalue weighted by molar-refractivity contribution is 7.16. The average Bonchev–Trinajstić information content (AvgIpc) is 3.20. The summed E-state index contributed by atoms with van der Waals surface area (Å²) in [6.07, 6.45) is 1.62. The molecule has 0 saturated carbocycles. The van der Waals surface area contributed by atoms with Crippen molar-refractivity contribution in [3.63, 3.8) is 0 Å². The highest BCUT2D eigenvalue weighted by Gasteiger charge is 2.34. The van der Waals surface area contributed by atoms with E-state index in [0.29, 0.717) is 12.5 Å². The first kappa shape index (κ1) is 16.6. The summed E-state index contributed by atoms with van der Waals surface area (Å²) in [5.41, 5.74) is 0. The topological polar surface area (TPSA) is 72.7 Å². The normalized spacial score (nSPS) is 21.7. The molecule has 0 bridgehead atoms. The summed E-state index contributed by atoms with van der Waals surface area (Å²) in [6.45, 7) is 6.68. The molecule has 0 aliphatic carbocycles. The molecule has 1 saturated heterocycles. The molecule has 1 aliphatic rings. The van der Waals surface area contributed by atoms with Crippen LogP contribution in [0, 0.1) is 11.8 Å². The van der Waals surface area contributed by atoms with Gasteiger partial charge in [-0.25, -0.2) is 9.97 Å². The maximum absolute atomic E-state index is 9.76. The smallest absolute Gasteiger partial charge is 0.140 e.